The van der Waals surface area contributed by atoms with Crippen LogP contribution in [0.2, 0.25) is 0 Å². The zero-order chi connectivity index (χ0) is 23.5. The molecule has 0 atom stereocenters. The third-order valence-electron chi connectivity index (χ3n) is 5.33. The van der Waals surface area contributed by atoms with E-state index in [0.29, 0.717) is 30.0 Å². The van der Waals surface area contributed by atoms with Gasteiger partial charge in [-0.2, -0.15) is 5.10 Å². The molecule has 0 unspecified atom stereocenters. The number of carbonyl (C=O) groups is 2. The number of hydrogen-bond acceptors (Lipinski definition) is 4. The molecular weight excluding hydrogens is 402 g/mol. The van der Waals surface area contributed by atoms with E-state index in [1.807, 2.05) is 37.3 Å². The fourth-order valence-electron chi connectivity index (χ4n) is 3.26. The summed E-state index contributed by atoms with van der Waals surface area (Å²) in [5.74, 6) is -0.410. The van der Waals surface area contributed by atoms with E-state index in [1.165, 1.54) is 0 Å². The largest absolute Gasteiger partial charge is 0.348 e. The van der Waals surface area contributed by atoms with Crippen LogP contribution < -0.4 is 16.4 Å². The zero-order valence-corrected chi connectivity index (χ0v) is 19.3. The molecule has 168 valence electrons. The first-order valence-electron chi connectivity index (χ1n) is 10.6. The predicted molar refractivity (Wildman–Crippen MR) is 127 cm³/mol. The number of nitrogens with one attached hydrogen (secondary N) is 2. The Labute approximate surface area is 189 Å². The van der Waals surface area contributed by atoms with Crippen LogP contribution in [0.1, 0.15) is 64.0 Å². The Balaban J connectivity index is 1.66. The smallest absolute Gasteiger partial charge is 0.273 e. The van der Waals surface area contributed by atoms with Crippen molar-refractivity contribution in [1.29, 1.82) is 0 Å². The summed E-state index contributed by atoms with van der Waals surface area (Å²) in [6.45, 7) is 8.95. The Kier molecular flexibility index (Phi) is 6.79. The topological polar surface area (TPSA) is 102 Å². The first-order valence-corrected chi connectivity index (χ1v) is 10.6. The zero-order valence-electron chi connectivity index (χ0n) is 19.3. The number of amides is 2. The molecule has 7 nitrogen and oxygen atoms in total. The highest BCUT2D eigenvalue weighted by atomic mass is 16.2. The molecule has 4 N–H and O–H groups in total. The average molecular weight is 434 g/mol. The van der Waals surface area contributed by atoms with Crippen molar-refractivity contribution in [3.63, 3.8) is 0 Å². The molecule has 0 aliphatic heterocycles. The standard InChI is InChI=1S/C25H31N5O2/c1-16-12-19(23(31)27-15-18-8-6-17(14-26)7-9-18)10-11-20(16)28-24(32)21-13-22(25(2,3)4)29-30(21)5/h6-13H,14-15,26H2,1-5H3,(H,27,31)(H,28,32). The van der Waals surface area contributed by atoms with E-state index in [9.17, 15) is 9.59 Å². The number of aromatic nitrogens is 2. The van der Waals surface area contributed by atoms with E-state index >= 15 is 0 Å². The van der Waals surface area contributed by atoms with Gasteiger partial charge >= 0.3 is 0 Å². The lowest BCUT2D eigenvalue weighted by Crippen LogP contribution is -2.23. The molecule has 3 rings (SSSR count). The maximum Gasteiger partial charge on any atom is 0.273 e. The van der Waals surface area contributed by atoms with Crippen molar-refractivity contribution in [2.24, 2.45) is 12.8 Å². The lowest BCUT2D eigenvalue weighted by molar-refractivity contribution is 0.0950. The number of hydrogen-bond donors (Lipinski definition) is 3. The number of rotatable bonds is 6. The highest BCUT2D eigenvalue weighted by Crippen LogP contribution is 2.23. The van der Waals surface area contributed by atoms with Crippen molar-refractivity contribution in [2.75, 3.05) is 5.32 Å². The van der Waals surface area contributed by atoms with Crippen molar-refractivity contribution in [1.82, 2.24) is 15.1 Å². The molecule has 0 fully saturated rings. The van der Waals surface area contributed by atoms with Crippen LogP contribution in [0.15, 0.2) is 48.5 Å². The fourth-order valence-corrected chi connectivity index (χ4v) is 3.26. The quantitative estimate of drug-likeness (QED) is 0.552. The Bertz CT molecular complexity index is 1120. The van der Waals surface area contributed by atoms with Gasteiger partial charge in [0.1, 0.15) is 5.69 Å². The fraction of sp³-hybridized carbons (Fsp3) is 0.320. The van der Waals surface area contributed by atoms with E-state index < -0.39 is 0 Å². The van der Waals surface area contributed by atoms with E-state index in [-0.39, 0.29) is 17.2 Å². The third-order valence-corrected chi connectivity index (χ3v) is 5.33. The molecule has 32 heavy (non-hydrogen) atoms. The minimum atomic E-state index is -0.239. The van der Waals surface area contributed by atoms with Crippen LogP contribution in [0.5, 0.6) is 0 Å². The van der Waals surface area contributed by atoms with Crippen LogP contribution >= 0.6 is 0 Å². The van der Waals surface area contributed by atoms with Crippen molar-refractivity contribution in [2.45, 2.75) is 46.2 Å². The summed E-state index contributed by atoms with van der Waals surface area (Å²) < 4.78 is 1.59. The number of aryl methyl sites for hydroxylation is 2. The van der Waals surface area contributed by atoms with Crippen LogP contribution in [-0.4, -0.2) is 21.6 Å². The molecule has 0 aliphatic rings. The van der Waals surface area contributed by atoms with Crippen molar-refractivity contribution in [3.8, 4) is 0 Å². The first kappa shape index (κ1) is 23.2. The number of anilines is 1. The van der Waals surface area contributed by atoms with Gasteiger partial charge in [0, 0.05) is 36.8 Å². The number of carbonyl (C=O) groups excluding carboxylic acids is 2. The van der Waals surface area contributed by atoms with Crippen molar-refractivity contribution in [3.05, 3.63) is 82.2 Å². The second kappa shape index (κ2) is 9.36. The molecule has 0 radical (unpaired) electrons. The van der Waals surface area contributed by atoms with Gasteiger partial charge in [0.25, 0.3) is 11.8 Å². The van der Waals surface area contributed by atoms with Gasteiger partial charge in [-0.1, -0.05) is 45.0 Å². The van der Waals surface area contributed by atoms with E-state index in [1.54, 1.807) is 29.9 Å². The van der Waals surface area contributed by atoms with Gasteiger partial charge in [-0.05, 0) is 47.9 Å². The van der Waals surface area contributed by atoms with Gasteiger partial charge < -0.3 is 16.4 Å². The van der Waals surface area contributed by atoms with Crippen LogP contribution in [0, 0.1) is 6.92 Å². The minimum Gasteiger partial charge on any atom is -0.348 e. The lowest BCUT2D eigenvalue weighted by Gasteiger charge is -2.13. The molecule has 2 aromatic carbocycles. The second-order valence-electron chi connectivity index (χ2n) is 8.98. The molecular formula is C25H31N5O2. The molecule has 0 saturated carbocycles. The van der Waals surface area contributed by atoms with E-state index in [4.69, 9.17) is 5.73 Å². The van der Waals surface area contributed by atoms with Crippen molar-refractivity contribution >= 4 is 17.5 Å². The molecule has 3 aromatic rings. The molecule has 0 bridgehead atoms. The van der Waals surface area contributed by atoms with Gasteiger partial charge in [-0.25, -0.2) is 0 Å². The number of benzene rings is 2. The van der Waals surface area contributed by atoms with Crippen LogP contribution in [-0.2, 0) is 25.6 Å². The SMILES string of the molecule is Cc1cc(C(=O)NCc2ccc(CN)cc2)ccc1NC(=O)c1cc(C(C)(C)C)nn1C. The number of nitrogens with zero attached hydrogens (tertiary/aromatic N) is 2. The third kappa shape index (κ3) is 5.42. The summed E-state index contributed by atoms with van der Waals surface area (Å²) in [5.41, 5.74) is 10.9. The average Bonchev–Trinajstić information content (AvgIpc) is 3.16. The molecule has 7 heteroatoms. The Morgan fingerprint density at radius 3 is 2.22 bits per heavy atom. The minimum absolute atomic E-state index is 0.145. The van der Waals surface area contributed by atoms with Crippen LogP contribution in [0.4, 0.5) is 5.69 Å². The molecule has 1 heterocycles. The van der Waals surface area contributed by atoms with E-state index in [0.717, 1.165) is 22.4 Å². The number of nitrogens with two attached hydrogens (primary N) is 1. The van der Waals surface area contributed by atoms with Crippen molar-refractivity contribution < 1.29 is 9.59 Å². The van der Waals surface area contributed by atoms with Gasteiger partial charge in [-0.3, -0.25) is 14.3 Å². The highest BCUT2D eigenvalue weighted by Gasteiger charge is 2.22. The maximum atomic E-state index is 12.8. The molecule has 0 spiro atoms. The Morgan fingerprint density at radius 1 is 1.00 bits per heavy atom. The summed E-state index contributed by atoms with van der Waals surface area (Å²) in [4.78, 5) is 25.4. The monoisotopic (exact) mass is 433 g/mol. The maximum absolute atomic E-state index is 12.8. The molecule has 0 aliphatic carbocycles. The lowest BCUT2D eigenvalue weighted by atomic mass is 9.92. The summed E-state index contributed by atoms with van der Waals surface area (Å²) in [6, 6.07) is 14.9. The molecule has 1 aromatic heterocycles. The predicted octanol–water partition coefficient (Wildman–Crippen LogP) is 3.67. The van der Waals surface area contributed by atoms with E-state index in [2.05, 4.69) is 36.5 Å². The second-order valence-corrected chi connectivity index (χ2v) is 8.98. The van der Waals surface area contributed by atoms with Crippen LogP contribution in [0.25, 0.3) is 0 Å². The molecule has 2 amide bonds. The van der Waals surface area contributed by atoms with Gasteiger partial charge in [-0.15, -0.1) is 0 Å². The first-order chi connectivity index (χ1) is 15.1. The molecule has 0 saturated heterocycles. The Morgan fingerprint density at radius 2 is 1.66 bits per heavy atom. The summed E-state index contributed by atoms with van der Waals surface area (Å²) in [6.07, 6.45) is 0. The van der Waals surface area contributed by atoms with Gasteiger partial charge in [0.2, 0.25) is 0 Å². The highest BCUT2D eigenvalue weighted by molar-refractivity contribution is 6.04. The van der Waals surface area contributed by atoms with Crippen LogP contribution in [0.3, 0.4) is 0 Å². The summed E-state index contributed by atoms with van der Waals surface area (Å²) in [7, 11) is 1.76. The van der Waals surface area contributed by atoms with Gasteiger partial charge in [0.15, 0.2) is 0 Å². The normalized spacial score (nSPS) is 11.3. The summed E-state index contributed by atoms with van der Waals surface area (Å²) >= 11 is 0. The van der Waals surface area contributed by atoms with Gasteiger partial charge in [0.05, 0.1) is 5.69 Å². The Hall–Kier alpha value is -3.45. The summed E-state index contributed by atoms with van der Waals surface area (Å²) in [5, 5.41) is 10.3.